The fourth-order valence-corrected chi connectivity index (χ4v) is 2.83. The number of aromatic nitrogens is 2. The number of anilines is 1. The molecular formula is C16H14FN3S. The third-order valence-electron chi connectivity index (χ3n) is 3.17. The van der Waals surface area contributed by atoms with Crippen LogP contribution in [-0.4, -0.2) is 10.2 Å². The molecule has 0 radical (unpaired) electrons. The van der Waals surface area contributed by atoms with Gasteiger partial charge < -0.3 is 5.73 Å². The molecule has 0 saturated carbocycles. The normalized spacial score (nSPS) is 10.8. The molecule has 0 aliphatic heterocycles. The Bertz CT molecular complexity index is 783. The number of nitrogen functional groups attached to an aromatic ring is 1. The highest BCUT2D eigenvalue weighted by atomic mass is 32.1. The quantitative estimate of drug-likeness (QED) is 0.748. The number of nitrogens with zero attached hydrogens (tertiary/aromatic N) is 2. The van der Waals surface area contributed by atoms with Gasteiger partial charge in [0.2, 0.25) is 0 Å². The lowest BCUT2D eigenvalue weighted by atomic mass is 10.0. The van der Waals surface area contributed by atoms with Crippen molar-refractivity contribution in [1.82, 2.24) is 10.2 Å². The van der Waals surface area contributed by atoms with E-state index in [9.17, 15) is 4.39 Å². The van der Waals surface area contributed by atoms with Crippen LogP contribution in [0.1, 0.15) is 16.1 Å². The highest BCUT2D eigenvalue weighted by Gasteiger charge is 2.06. The van der Waals surface area contributed by atoms with Crippen LogP contribution in [0, 0.1) is 12.7 Å². The molecule has 2 aromatic carbocycles. The van der Waals surface area contributed by atoms with Gasteiger partial charge in [-0.2, -0.15) is 0 Å². The lowest BCUT2D eigenvalue weighted by Gasteiger charge is -2.05. The lowest BCUT2D eigenvalue weighted by Crippen LogP contribution is -1.94. The molecule has 5 heteroatoms. The highest BCUT2D eigenvalue weighted by Crippen LogP contribution is 2.25. The molecule has 0 bridgehead atoms. The zero-order chi connectivity index (χ0) is 14.8. The number of hydrogen-bond acceptors (Lipinski definition) is 4. The van der Waals surface area contributed by atoms with Gasteiger partial charge >= 0.3 is 0 Å². The van der Waals surface area contributed by atoms with Crippen LogP contribution in [-0.2, 0) is 6.42 Å². The van der Waals surface area contributed by atoms with Crippen molar-refractivity contribution in [2.45, 2.75) is 13.3 Å². The summed E-state index contributed by atoms with van der Waals surface area (Å²) in [5.41, 5.74) is 8.71. The van der Waals surface area contributed by atoms with Gasteiger partial charge in [0, 0.05) is 5.56 Å². The summed E-state index contributed by atoms with van der Waals surface area (Å²) in [6.07, 6.45) is 0.656. The first kappa shape index (κ1) is 13.7. The molecule has 1 heterocycles. The topological polar surface area (TPSA) is 51.8 Å². The number of benzene rings is 2. The zero-order valence-corrected chi connectivity index (χ0v) is 12.3. The van der Waals surface area contributed by atoms with E-state index < -0.39 is 0 Å². The minimum Gasteiger partial charge on any atom is -0.396 e. The van der Waals surface area contributed by atoms with E-state index >= 15 is 0 Å². The van der Waals surface area contributed by atoms with E-state index in [4.69, 9.17) is 5.73 Å². The lowest BCUT2D eigenvalue weighted by molar-refractivity contribution is 0.630. The van der Waals surface area contributed by atoms with Gasteiger partial charge in [-0.05, 0) is 42.7 Å². The van der Waals surface area contributed by atoms with Gasteiger partial charge in [-0.3, -0.25) is 0 Å². The summed E-state index contributed by atoms with van der Waals surface area (Å²) >= 11 is 1.56. The van der Waals surface area contributed by atoms with Gasteiger partial charge in [-0.25, -0.2) is 4.39 Å². The van der Waals surface area contributed by atoms with Gasteiger partial charge in [-0.15, -0.1) is 10.2 Å². The fourth-order valence-electron chi connectivity index (χ4n) is 2.14. The van der Waals surface area contributed by atoms with Gasteiger partial charge in [-0.1, -0.05) is 35.6 Å². The van der Waals surface area contributed by atoms with Crippen LogP contribution in [0.2, 0.25) is 0 Å². The predicted octanol–water partition coefficient (Wildman–Crippen LogP) is 3.83. The first-order valence-electron chi connectivity index (χ1n) is 6.55. The Morgan fingerprint density at radius 1 is 1.10 bits per heavy atom. The molecule has 21 heavy (non-hydrogen) atoms. The molecule has 3 rings (SSSR count). The van der Waals surface area contributed by atoms with E-state index in [1.807, 2.05) is 31.2 Å². The van der Waals surface area contributed by atoms with E-state index in [-0.39, 0.29) is 11.5 Å². The molecule has 3 aromatic rings. The molecule has 0 fully saturated rings. The van der Waals surface area contributed by atoms with Crippen LogP contribution in [0.25, 0.3) is 10.6 Å². The molecule has 0 unspecified atom stereocenters. The minimum atomic E-state index is -0.372. The van der Waals surface area contributed by atoms with Crippen molar-refractivity contribution in [3.8, 4) is 10.6 Å². The van der Waals surface area contributed by atoms with E-state index in [0.717, 1.165) is 26.7 Å². The molecule has 0 aliphatic rings. The Kier molecular flexibility index (Phi) is 3.66. The van der Waals surface area contributed by atoms with Crippen LogP contribution in [0.5, 0.6) is 0 Å². The van der Waals surface area contributed by atoms with Crippen molar-refractivity contribution in [3.63, 3.8) is 0 Å². The molecule has 0 spiro atoms. The second-order valence-corrected chi connectivity index (χ2v) is 6.04. The Labute approximate surface area is 126 Å². The van der Waals surface area contributed by atoms with Crippen molar-refractivity contribution in [3.05, 3.63) is 64.4 Å². The van der Waals surface area contributed by atoms with Crippen LogP contribution in [0.4, 0.5) is 10.1 Å². The number of aryl methyl sites for hydroxylation is 1. The Balaban J connectivity index is 1.87. The molecule has 0 saturated heterocycles. The first-order valence-corrected chi connectivity index (χ1v) is 7.37. The SMILES string of the molecule is Cc1nnc(-c2cccc(Cc3ccc(N)c(F)c3)c2)s1. The molecule has 0 aliphatic carbocycles. The molecular weight excluding hydrogens is 285 g/mol. The van der Waals surface area contributed by atoms with E-state index in [1.165, 1.54) is 6.07 Å². The molecule has 0 atom stereocenters. The maximum atomic E-state index is 13.5. The van der Waals surface area contributed by atoms with Crippen LogP contribution in [0.3, 0.4) is 0 Å². The first-order chi connectivity index (χ1) is 10.1. The number of hydrogen-bond donors (Lipinski definition) is 1. The van der Waals surface area contributed by atoms with Crippen molar-refractivity contribution in [2.75, 3.05) is 5.73 Å². The molecule has 3 nitrogen and oxygen atoms in total. The van der Waals surface area contributed by atoms with Gasteiger partial charge in [0.15, 0.2) is 0 Å². The summed E-state index contributed by atoms with van der Waals surface area (Å²) in [6.45, 7) is 1.93. The van der Waals surface area contributed by atoms with Crippen molar-refractivity contribution in [2.24, 2.45) is 0 Å². The summed E-state index contributed by atoms with van der Waals surface area (Å²) < 4.78 is 13.5. The molecule has 106 valence electrons. The average Bonchev–Trinajstić information content (AvgIpc) is 2.90. The number of halogens is 1. The van der Waals surface area contributed by atoms with Crippen LogP contribution >= 0.6 is 11.3 Å². The monoisotopic (exact) mass is 299 g/mol. The summed E-state index contributed by atoms with van der Waals surface area (Å²) in [4.78, 5) is 0. The van der Waals surface area contributed by atoms with Gasteiger partial charge in [0.05, 0.1) is 5.69 Å². The maximum Gasteiger partial charge on any atom is 0.147 e. The largest absolute Gasteiger partial charge is 0.396 e. The van der Waals surface area contributed by atoms with Crippen LogP contribution in [0.15, 0.2) is 42.5 Å². The van der Waals surface area contributed by atoms with E-state index in [2.05, 4.69) is 16.3 Å². The average molecular weight is 299 g/mol. The second-order valence-electron chi connectivity index (χ2n) is 4.86. The third-order valence-corrected chi connectivity index (χ3v) is 4.06. The summed E-state index contributed by atoms with van der Waals surface area (Å²) in [6, 6.07) is 13.0. The molecule has 0 amide bonds. The van der Waals surface area contributed by atoms with Gasteiger partial charge in [0.1, 0.15) is 15.8 Å². The van der Waals surface area contributed by atoms with Crippen molar-refractivity contribution in [1.29, 1.82) is 0 Å². The molecule has 1 aromatic heterocycles. The fraction of sp³-hybridized carbons (Fsp3) is 0.125. The zero-order valence-electron chi connectivity index (χ0n) is 11.5. The van der Waals surface area contributed by atoms with Crippen molar-refractivity contribution >= 4 is 17.0 Å². The summed E-state index contributed by atoms with van der Waals surface area (Å²) in [7, 11) is 0. The van der Waals surface area contributed by atoms with Crippen molar-refractivity contribution < 1.29 is 4.39 Å². The smallest absolute Gasteiger partial charge is 0.147 e. The maximum absolute atomic E-state index is 13.5. The molecule has 2 N–H and O–H groups in total. The van der Waals surface area contributed by atoms with E-state index in [0.29, 0.717) is 6.42 Å². The Morgan fingerprint density at radius 3 is 2.62 bits per heavy atom. The Hall–Kier alpha value is -2.27. The third kappa shape index (κ3) is 3.08. The summed E-state index contributed by atoms with van der Waals surface area (Å²) in [5, 5.41) is 10.0. The summed E-state index contributed by atoms with van der Waals surface area (Å²) in [5.74, 6) is -0.372. The van der Waals surface area contributed by atoms with E-state index in [1.54, 1.807) is 17.4 Å². The van der Waals surface area contributed by atoms with Crippen LogP contribution < -0.4 is 5.73 Å². The number of nitrogens with two attached hydrogens (primary N) is 1. The predicted molar refractivity (Wildman–Crippen MR) is 83.7 cm³/mol. The standard InChI is InChI=1S/C16H14FN3S/c1-10-19-20-16(21-10)13-4-2-3-11(8-13)7-12-5-6-15(18)14(17)9-12/h2-6,8-9H,7,18H2,1H3. The minimum absolute atomic E-state index is 0.178. The van der Waals surface area contributed by atoms with Gasteiger partial charge in [0.25, 0.3) is 0 Å². The highest BCUT2D eigenvalue weighted by molar-refractivity contribution is 7.14. The number of rotatable bonds is 3. The second kappa shape index (κ2) is 5.61. The Morgan fingerprint density at radius 2 is 1.90 bits per heavy atom.